The van der Waals surface area contributed by atoms with Crippen LogP contribution in [-0.2, 0) is 0 Å². The summed E-state index contributed by atoms with van der Waals surface area (Å²) >= 11 is 1.63. The van der Waals surface area contributed by atoms with Gasteiger partial charge in [-0.3, -0.25) is 0 Å². The second-order valence-corrected chi connectivity index (χ2v) is 5.04. The van der Waals surface area contributed by atoms with E-state index in [0.717, 1.165) is 11.3 Å². The van der Waals surface area contributed by atoms with Crippen molar-refractivity contribution in [3.63, 3.8) is 0 Å². The Hall–Kier alpha value is -0.710. The summed E-state index contributed by atoms with van der Waals surface area (Å²) in [6.45, 7) is 2.17. The third kappa shape index (κ3) is 4.04. The third-order valence-electron chi connectivity index (χ3n) is 2.34. The lowest BCUT2D eigenvalue weighted by atomic mass is 10.1. The molecule has 0 spiro atoms. The van der Waals surface area contributed by atoms with Crippen LogP contribution in [-0.4, -0.2) is 28.3 Å². The maximum atomic E-state index is 9.92. The molecule has 0 aliphatic heterocycles. The number of aliphatic hydroxyl groups is 2. The fraction of sp³-hybridized carbons (Fsp3) is 0.500. The molecule has 0 saturated heterocycles. The smallest absolute Gasteiger partial charge is 0.0900 e. The quantitative estimate of drug-likeness (QED) is 0.663. The van der Waals surface area contributed by atoms with E-state index in [1.165, 1.54) is 0 Å². The molecule has 0 radical (unpaired) electrons. The Labute approximate surface area is 101 Å². The summed E-state index contributed by atoms with van der Waals surface area (Å²) in [5.41, 5.74) is 7.18. The summed E-state index contributed by atoms with van der Waals surface area (Å²) in [7, 11) is 0. The molecule has 0 aliphatic carbocycles. The van der Waals surface area contributed by atoms with Crippen molar-refractivity contribution in [1.82, 2.24) is 0 Å². The molecule has 90 valence electrons. The van der Waals surface area contributed by atoms with Gasteiger partial charge in [-0.2, -0.15) is 11.8 Å². The van der Waals surface area contributed by atoms with Gasteiger partial charge >= 0.3 is 0 Å². The molecular weight excluding hydrogens is 222 g/mol. The van der Waals surface area contributed by atoms with Crippen LogP contribution in [0, 0.1) is 5.92 Å². The first-order valence-corrected chi connectivity index (χ1v) is 6.51. The van der Waals surface area contributed by atoms with E-state index in [-0.39, 0.29) is 12.5 Å². The van der Waals surface area contributed by atoms with Gasteiger partial charge in [0.05, 0.1) is 6.10 Å². The molecule has 0 aliphatic rings. The lowest BCUT2D eigenvalue weighted by Gasteiger charge is -2.14. The van der Waals surface area contributed by atoms with E-state index >= 15 is 0 Å². The van der Waals surface area contributed by atoms with E-state index < -0.39 is 6.10 Å². The number of hydrogen-bond donors (Lipinski definition) is 3. The Morgan fingerprint density at radius 3 is 2.62 bits per heavy atom. The summed E-state index contributed by atoms with van der Waals surface area (Å²) in [6, 6.07) is 7.36. The summed E-state index contributed by atoms with van der Waals surface area (Å²) in [5, 5.41) is 18.8. The molecule has 0 heterocycles. The molecule has 0 saturated carbocycles. The van der Waals surface area contributed by atoms with Crippen molar-refractivity contribution in [1.29, 1.82) is 0 Å². The molecule has 1 rings (SSSR count). The number of anilines is 1. The molecular formula is C12H19NO2S. The average Bonchev–Trinajstić information content (AvgIpc) is 2.29. The number of aliphatic hydroxyl groups excluding tert-OH is 2. The van der Waals surface area contributed by atoms with E-state index in [1.54, 1.807) is 17.8 Å². The normalized spacial score (nSPS) is 14.7. The minimum absolute atomic E-state index is 0.191. The minimum Gasteiger partial charge on any atom is -0.398 e. The first kappa shape index (κ1) is 13.4. The molecule has 0 fully saturated rings. The lowest BCUT2D eigenvalue weighted by Crippen LogP contribution is -2.08. The van der Waals surface area contributed by atoms with Gasteiger partial charge in [0, 0.05) is 23.6 Å². The minimum atomic E-state index is -0.530. The lowest BCUT2D eigenvalue weighted by molar-refractivity contribution is 0.204. The van der Waals surface area contributed by atoms with Gasteiger partial charge in [0.15, 0.2) is 0 Å². The molecule has 1 aromatic rings. The van der Waals surface area contributed by atoms with Crippen molar-refractivity contribution in [3.8, 4) is 0 Å². The highest BCUT2D eigenvalue weighted by Gasteiger charge is 2.11. The maximum Gasteiger partial charge on any atom is 0.0900 e. The van der Waals surface area contributed by atoms with Gasteiger partial charge in [0.2, 0.25) is 0 Å². The second kappa shape index (κ2) is 6.78. The number of rotatable bonds is 6. The van der Waals surface area contributed by atoms with Crippen molar-refractivity contribution in [2.45, 2.75) is 13.0 Å². The molecule has 4 N–H and O–H groups in total. The van der Waals surface area contributed by atoms with Gasteiger partial charge in [0.1, 0.15) is 0 Å². The third-order valence-corrected chi connectivity index (χ3v) is 3.70. The molecule has 0 bridgehead atoms. The Bertz CT molecular complexity index is 320. The van der Waals surface area contributed by atoms with E-state index in [1.807, 2.05) is 25.1 Å². The Morgan fingerprint density at radius 2 is 2.00 bits per heavy atom. The van der Waals surface area contributed by atoms with Crippen LogP contribution in [0.5, 0.6) is 0 Å². The number of nitrogens with two attached hydrogens (primary N) is 1. The van der Waals surface area contributed by atoms with Crippen molar-refractivity contribution in [3.05, 3.63) is 29.8 Å². The average molecular weight is 241 g/mol. The van der Waals surface area contributed by atoms with Gasteiger partial charge in [-0.1, -0.05) is 25.1 Å². The number of benzene rings is 1. The van der Waals surface area contributed by atoms with Crippen LogP contribution in [0.2, 0.25) is 0 Å². The van der Waals surface area contributed by atoms with E-state index in [9.17, 15) is 5.11 Å². The molecule has 3 nitrogen and oxygen atoms in total. The van der Waals surface area contributed by atoms with E-state index in [4.69, 9.17) is 10.8 Å². The van der Waals surface area contributed by atoms with Crippen LogP contribution in [0.15, 0.2) is 24.3 Å². The highest BCUT2D eigenvalue weighted by atomic mass is 32.2. The summed E-state index contributed by atoms with van der Waals surface area (Å²) < 4.78 is 0. The van der Waals surface area contributed by atoms with Crippen molar-refractivity contribution in [2.75, 3.05) is 23.8 Å². The highest BCUT2D eigenvalue weighted by Crippen LogP contribution is 2.24. The van der Waals surface area contributed by atoms with Crippen molar-refractivity contribution >= 4 is 17.4 Å². The monoisotopic (exact) mass is 241 g/mol. The van der Waals surface area contributed by atoms with E-state index in [2.05, 4.69) is 0 Å². The molecule has 1 aromatic carbocycles. The molecule has 2 unspecified atom stereocenters. The molecule has 0 aromatic heterocycles. The molecule has 2 atom stereocenters. The number of para-hydroxylation sites is 1. The standard InChI is InChI=1S/C12H19NO2S/c1-9(6-14)7-16-8-12(15)10-4-2-3-5-11(10)13/h2-5,9,12,14-15H,6-8,13H2,1H3. The van der Waals surface area contributed by atoms with Crippen LogP contribution in [0.3, 0.4) is 0 Å². The first-order valence-electron chi connectivity index (χ1n) is 5.36. The van der Waals surface area contributed by atoms with Gasteiger partial charge < -0.3 is 15.9 Å². The number of thioether (sulfide) groups is 1. The van der Waals surface area contributed by atoms with Crippen LogP contribution in [0.1, 0.15) is 18.6 Å². The number of nitrogen functional groups attached to an aromatic ring is 1. The van der Waals surface area contributed by atoms with Crippen LogP contribution in [0.4, 0.5) is 5.69 Å². The maximum absolute atomic E-state index is 9.92. The predicted molar refractivity (Wildman–Crippen MR) is 69.4 cm³/mol. The number of hydrogen-bond acceptors (Lipinski definition) is 4. The summed E-state index contributed by atoms with van der Waals surface area (Å²) in [5.74, 6) is 1.73. The zero-order valence-electron chi connectivity index (χ0n) is 9.47. The van der Waals surface area contributed by atoms with Gasteiger partial charge in [-0.25, -0.2) is 0 Å². The van der Waals surface area contributed by atoms with Gasteiger partial charge in [-0.05, 0) is 17.7 Å². The molecule has 0 amide bonds. The zero-order valence-corrected chi connectivity index (χ0v) is 10.3. The summed E-state index contributed by atoms with van der Waals surface area (Å²) in [6.07, 6.45) is -0.530. The Morgan fingerprint density at radius 1 is 1.31 bits per heavy atom. The predicted octanol–water partition coefficient (Wildman–Crippen LogP) is 1.66. The summed E-state index contributed by atoms with van der Waals surface area (Å²) in [4.78, 5) is 0. The van der Waals surface area contributed by atoms with Crippen molar-refractivity contribution in [2.24, 2.45) is 5.92 Å². The fourth-order valence-corrected chi connectivity index (χ4v) is 2.38. The van der Waals surface area contributed by atoms with Crippen LogP contribution in [0.25, 0.3) is 0 Å². The highest BCUT2D eigenvalue weighted by molar-refractivity contribution is 7.99. The first-order chi connectivity index (χ1) is 7.65. The van der Waals surface area contributed by atoms with E-state index in [0.29, 0.717) is 11.4 Å². The van der Waals surface area contributed by atoms with Crippen LogP contribution >= 0.6 is 11.8 Å². The largest absolute Gasteiger partial charge is 0.398 e. The SMILES string of the molecule is CC(CO)CSCC(O)c1ccccc1N. The molecule has 4 heteroatoms. The topological polar surface area (TPSA) is 66.5 Å². The van der Waals surface area contributed by atoms with Gasteiger partial charge in [0.25, 0.3) is 0 Å². The van der Waals surface area contributed by atoms with Crippen LogP contribution < -0.4 is 5.73 Å². The van der Waals surface area contributed by atoms with Crippen molar-refractivity contribution < 1.29 is 10.2 Å². The zero-order chi connectivity index (χ0) is 12.0. The Kier molecular flexibility index (Phi) is 5.66. The fourth-order valence-electron chi connectivity index (χ4n) is 1.34. The van der Waals surface area contributed by atoms with Gasteiger partial charge in [-0.15, -0.1) is 0 Å². The Balaban J connectivity index is 2.41. The molecule has 16 heavy (non-hydrogen) atoms. The second-order valence-electron chi connectivity index (χ2n) is 3.97.